The number of phosphoric acid groups is 1. The number of carbonyl (C=O) groups excluding carboxylic acids is 5. The topological polar surface area (TPSA) is 264 Å². The van der Waals surface area contributed by atoms with Crippen molar-refractivity contribution < 1.29 is 61.4 Å². The number of urea groups is 1. The number of hydrogen-bond acceptors (Lipinski definition) is 12. The number of anilines is 1. The third-order valence-corrected chi connectivity index (χ3v) is 8.68. The predicted molar refractivity (Wildman–Crippen MR) is 203 cm³/mol. The van der Waals surface area contributed by atoms with Crippen LogP contribution in [0.3, 0.4) is 0 Å². The number of hydrogen-bond donors (Lipinski definition) is 7. The van der Waals surface area contributed by atoms with Gasteiger partial charge in [0.25, 0.3) is 0 Å². The Balaban J connectivity index is 2.60. The number of alkyl carbamates (subject to hydrolysis) is 1. The van der Waals surface area contributed by atoms with E-state index in [9.17, 15) is 33.4 Å². The molecule has 1 aromatic carbocycles. The number of amides is 6. The summed E-state index contributed by atoms with van der Waals surface area (Å²) in [4.78, 5) is 71.8. The van der Waals surface area contributed by atoms with Gasteiger partial charge in [-0.15, -0.1) is 0 Å². The first-order valence-electron chi connectivity index (χ1n) is 18.5. The van der Waals surface area contributed by atoms with Gasteiger partial charge in [-0.3, -0.25) is 23.4 Å². The lowest BCUT2D eigenvalue weighted by molar-refractivity contribution is -0.132. The molecule has 0 bridgehead atoms. The maximum Gasteiger partial charge on any atom is 0.471 e. The summed E-state index contributed by atoms with van der Waals surface area (Å²) in [6, 6.07) is 3.94. The number of phosphoric ester groups is 1. The summed E-state index contributed by atoms with van der Waals surface area (Å²) in [5, 5.41) is 13.4. The van der Waals surface area contributed by atoms with E-state index in [4.69, 9.17) is 29.2 Å². The molecule has 0 spiro atoms. The number of nitrogens with one attached hydrogen (secondary N) is 5. The van der Waals surface area contributed by atoms with Crippen LogP contribution in [0, 0.1) is 5.92 Å². The number of nitrogens with two attached hydrogens (primary N) is 1. The van der Waals surface area contributed by atoms with Gasteiger partial charge in [-0.25, -0.2) is 14.2 Å². The summed E-state index contributed by atoms with van der Waals surface area (Å²) in [7, 11) is -2.86. The molecule has 6 amide bonds. The Kier molecular flexibility index (Phi) is 26.3. The number of primary amides is 1. The highest BCUT2D eigenvalue weighted by Gasteiger charge is 2.29. The molecule has 3 atom stereocenters. The van der Waals surface area contributed by atoms with Gasteiger partial charge in [0, 0.05) is 38.9 Å². The summed E-state index contributed by atoms with van der Waals surface area (Å²) in [6.07, 6.45) is 2.68. The lowest BCUT2D eigenvalue weighted by Crippen LogP contribution is -2.54. The Bertz CT molecular complexity index is 1320. The van der Waals surface area contributed by atoms with Crippen LogP contribution in [-0.4, -0.2) is 113 Å². The van der Waals surface area contributed by atoms with Crippen LogP contribution in [0.25, 0.3) is 0 Å². The molecule has 8 N–H and O–H groups in total. The van der Waals surface area contributed by atoms with Crippen molar-refractivity contribution in [1.29, 1.82) is 0 Å². The Hall–Kier alpha value is -3.84. The fourth-order valence-electron chi connectivity index (χ4n) is 4.69. The van der Waals surface area contributed by atoms with E-state index in [2.05, 4.69) is 31.1 Å². The monoisotopic (exact) mass is 804 g/mol. The molecule has 20 heteroatoms. The third kappa shape index (κ3) is 25.0. The molecule has 0 aliphatic heterocycles. The molecular formula is C35H61N6O13P. The molecule has 0 radical (unpaired) electrons. The second-order valence-electron chi connectivity index (χ2n) is 12.5. The van der Waals surface area contributed by atoms with Crippen LogP contribution in [0.4, 0.5) is 15.3 Å². The molecule has 1 rings (SSSR count). The van der Waals surface area contributed by atoms with E-state index in [-0.39, 0.29) is 51.0 Å². The largest absolute Gasteiger partial charge is 0.471 e. The molecular weight excluding hydrogens is 743 g/mol. The van der Waals surface area contributed by atoms with Crippen molar-refractivity contribution in [1.82, 2.24) is 21.3 Å². The number of benzene rings is 1. The zero-order chi connectivity index (χ0) is 40.9. The highest BCUT2D eigenvalue weighted by molar-refractivity contribution is 7.47. The Morgan fingerprint density at radius 1 is 0.800 bits per heavy atom. The van der Waals surface area contributed by atoms with Gasteiger partial charge in [-0.2, -0.15) is 0 Å². The number of rotatable bonds is 31. The second-order valence-corrected chi connectivity index (χ2v) is 14.1. The minimum absolute atomic E-state index is 0.0124. The molecule has 0 saturated carbocycles. The van der Waals surface area contributed by atoms with Crippen LogP contribution < -0.4 is 32.3 Å². The molecule has 19 nitrogen and oxygen atoms in total. The first-order valence-corrected chi connectivity index (χ1v) is 20.0. The normalized spacial score (nSPS) is 13.3. The van der Waals surface area contributed by atoms with Gasteiger partial charge in [-0.1, -0.05) is 38.8 Å². The molecule has 0 aromatic heterocycles. The summed E-state index contributed by atoms with van der Waals surface area (Å²) in [5.74, 6) is -1.75. The SMILES string of the molecule is CCOCCOCCOCCC(=O)NC(C(=O)NC(CCCNC(N)=O)C(=O)Nc1ccc(COC(=O)NCCCCCCOP(=O)(O)OC)cc1)C(C)C. The predicted octanol–water partition coefficient (Wildman–Crippen LogP) is 2.71. The molecule has 0 fully saturated rings. The molecule has 0 heterocycles. The van der Waals surface area contributed by atoms with E-state index in [1.807, 2.05) is 6.92 Å². The minimum Gasteiger partial charge on any atom is -0.445 e. The maximum atomic E-state index is 13.4. The van der Waals surface area contributed by atoms with E-state index in [0.29, 0.717) is 70.1 Å². The first kappa shape index (κ1) is 49.2. The standard InChI is InChI=1S/C35H61N6O13P/c1-5-50-21-22-52-24-23-51-20-16-30(42)41-31(26(2)3)33(44)40-29(11-10-18-37-34(36)45)32(43)39-28-14-12-27(13-15-28)25-53-35(46)38-17-8-6-7-9-19-54-55(47,48)49-4/h12-15,26,29,31H,5-11,16-25H2,1-4H3,(H,38,46)(H,39,43)(H,40,44)(H,41,42)(H,47,48)(H3,36,37,45). The highest BCUT2D eigenvalue weighted by Crippen LogP contribution is 2.41. The van der Waals surface area contributed by atoms with Gasteiger partial charge in [0.05, 0.1) is 39.6 Å². The van der Waals surface area contributed by atoms with Crippen molar-refractivity contribution in [3.63, 3.8) is 0 Å². The van der Waals surface area contributed by atoms with Gasteiger partial charge >= 0.3 is 19.9 Å². The van der Waals surface area contributed by atoms with E-state index >= 15 is 0 Å². The summed E-state index contributed by atoms with van der Waals surface area (Å²) in [5.41, 5.74) is 6.25. The molecule has 55 heavy (non-hydrogen) atoms. The summed E-state index contributed by atoms with van der Waals surface area (Å²) in [6.45, 7) is 8.46. The summed E-state index contributed by atoms with van der Waals surface area (Å²) < 4.78 is 41.6. The Morgan fingerprint density at radius 2 is 1.44 bits per heavy atom. The van der Waals surface area contributed by atoms with Crippen LogP contribution >= 0.6 is 7.82 Å². The van der Waals surface area contributed by atoms with E-state index in [1.165, 1.54) is 0 Å². The molecule has 314 valence electrons. The lowest BCUT2D eigenvalue weighted by Gasteiger charge is -2.25. The lowest BCUT2D eigenvalue weighted by atomic mass is 10.0. The fourth-order valence-corrected chi connectivity index (χ4v) is 5.16. The number of carbonyl (C=O) groups is 5. The van der Waals surface area contributed by atoms with E-state index in [1.54, 1.807) is 38.1 Å². The van der Waals surface area contributed by atoms with Gasteiger partial charge in [-0.05, 0) is 56.2 Å². The van der Waals surface area contributed by atoms with Crippen molar-refractivity contribution in [3.8, 4) is 0 Å². The van der Waals surface area contributed by atoms with Crippen molar-refractivity contribution in [2.24, 2.45) is 11.7 Å². The first-order chi connectivity index (χ1) is 26.3. The van der Waals surface area contributed by atoms with Crippen LogP contribution in [-0.2, 0) is 53.6 Å². The van der Waals surface area contributed by atoms with Gasteiger partial charge in [0.1, 0.15) is 18.7 Å². The van der Waals surface area contributed by atoms with Crippen molar-refractivity contribution in [2.75, 3.05) is 71.8 Å². The van der Waals surface area contributed by atoms with Crippen LogP contribution in [0.2, 0.25) is 0 Å². The Morgan fingerprint density at radius 3 is 2.07 bits per heavy atom. The molecule has 0 aliphatic rings. The average Bonchev–Trinajstić information content (AvgIpc) is 3.14. The third-order valence-electron chi connectivity index (χ3n) is 7.71. The molecule has 1 aromatic rings. The number of ether oxygens (including phenoxy) is 4. The van der Waals surface area contributed by atoms with Crippen LogP contribution in [0.1, 0.15) is 71.3 Å². The zero-order valence-corrected chi connectivity index (χ0v) is 33.3. The fraction of sp³-hybridized carbons (Fsp3) is 0.686. The van der Waals surface area contributed by atoms with E-state index in [0.717, 1.165) is 20.0 Å². The van der Waals surface area contributed by atoms with Crippen molar-refractivity contribution in [3.05, 3.63) is 29.8 Å². The highest BCUT2D eigenvalue weighted by atomic mass is 31.2. The zero-order valence-electron chi connectivity index (χ0n) is 32.4. The summed E-state index contributed by atoms with van der Waals surface area (Å²) >= 11 is 0. The quantitative estimate of drug-likeness (QED) is 0.0421. The second kappa shape index (κ2) is 29.4. The molecule has 3 unspecified atom stereocenters. The number of unbranched alkanes of at least 4 members (excludes halogenated alkanes) is 3. The maximum absolute atomic E-state index is 13.4. The smallest absolute Gasteiger partial charge is 0.445 e. The Labute approximate surface area is 323 Å². The minimum atomic E-state index is -3.96. The van der Waals surface area contributed by atoms with Crippen LogP contribution in [0.5, 0.6) is 0 Å². The van der Waals surface area contributed by atoms with Crippen molar-refractivity contribution in [2.45, 2.75) is 84.4 Å². The van der Waals surface area contributed by atoms with Gasteiger partial charge in [0.15, 0.2) is 0 Å². The van der Waals surface area contributed by atoms with E-state index < -0.39 is 43.8 Å². The molecule has 0 saturated heterocycles. The van der Waals surface area contributed by atoms with Crippen molar-refractivity contribution >= 4 is 43.4 Å². The van der Waals surface area contributed by atoms with Gasteiger partial charge in [0.2, 0.25) is 17.7 Å². The molecule has 0 aliphatic carbocycles. The average molecular weight is 805 g/mol. The van der Waals surface area contributed by atoms with Crippen LogP contribution in [0.15, 0.2) is 24.3 Å². The van der Waals surface area contributed by atoms with Gasteiger partial charge < -0.3 is 56.2 Å².